The normalized spacial score (nSPS) is 27.1. The lowest BCUT2D eigenvalue weighted by atomic mass is 9.99. The van der Waals surface area contributed by atoms with Gasteiger partial charge in [-0.25, -0.2) is 0 Å². The lowest BCUT2D eigenvalue weighted by Gasteiger charge is -2.41. The zero-order valence-electron chi connectivity index (χ0n) is 14.6. The Bertz CT molecular complexity index is 774. The van der Waals surface area contributed by atoms with Gasteiger partial charge in [-0.2, -0.15) is 0 Å². The molecule has 0 unspecified atom stereocenters. The monoisotopic (exact) mass is 426 g/mol. The molecule has 150 valence electrons. The molecule has 0 radical (unpaired) electrons. The van der Waals surface area contributed by atoms with Crippen molar-refractivity contribution in [3.05, 3.63) is 59.6 Å². The van der Waals surface area contributed by atoms with Crippen molar-refractivity contribution in [2.24, 2.45) is 0 Å². The van der Waals surface area contributed by atoms with Gasteiger partial charge in [0.05, 0.1) is 6.61 Å². The third kappa shape index (κ3) is 5.11. The molecule has 1 fully saturated rings. The van der Waals surface area contributed by atoms with Gasteiger partial charge >= 0.3 is 5.24 Å². The molecule has 1 aliphatic rings. The molecule has 0 amide bonds. The lowest BCUT2D eigenvalue weighted by Crippen LogP contribution is -2.61. The Morgan fingerprint density at radius 1 is 1.00 bits per heavy atom. The van der Waals surface area contributed by atoms with Crippen molar-refractivity contribution >= 4 is 29.1 Å². The molecule has 2 aromatic carbocycles. The summed E-state index contributed by atoms with van der Waals surface area (Å²) in [6.45, 7) is -0.517. The minimum atomic E-state index is -1.44. The molecule has 0 aliphatic carbocycles. The highest BCUT2D eigenvalue weighted by molar-refractivity contribution is 7.79. The number of aliphatic hydroxyl groups excluding tert-OH is 3. The largest absolute Gasteiger partial charge is 0.461 e. The first-order valence-electron chi connectivity index (χ1n) is 8.46. The predicted octanol–water partition coefficient (Wildman–Crippen LogP) is 1.91. The first kappa shape index (κ1) is 20.8. The molecule has 0 spiro atoms. The number of ether oxygens (including phenoxy) is 4. The van der Waals surface area contributed by atoms with Gasteiger partial charge in [0.1, 0.15) is 29.8 Å². The standard InChI is InChI=1S/C19H19ClO7S/c20-11-6-8-13(9-7-11)24-18-17(16(23)15(22)14(10-21)26-18)27-19(28)25-12-4-2-1-3-5-12/h1-9,14-18,21-23H,10H2/t14-,15-,16+,17-,18+/m1/s1. The van der Waals surface area contributed by atoms with Crippen LogP contribution in [0.5, 0.6) is 11.5 Å². The Morgan fingerprint density at radius 3 is 2.32 bits per heavy atom. The van der Waals surface area contributed by atoms with E-state index in [0.717, 1.165) is 0 Å². The van der Waals surface area contributed by atoms with Gasteiger partial charge in [-0.05, 0) is 36.4 Å². The van der Waals surface area contributed by atoms with E-state index in [2.05, 4.69) is 0 Å². The van der Waals surface area contributed by atoms with Crippen LogP contribution in [0.4, 0.5) is 0 Å². The van der Waals surface area contributed by atoms with Gasteiger partial charge in [0.15, 0.2) is 6.10 Å². The molecule has 1 saturated heterocycles. The fourth-order valence-electron chi connectivity index (χ4n) is 2.64. The summed E-state index contributed by atoms with van der Waals surface area (Å²) < 4.78 is 22.2. The summed E-state index contributed by atoms with van der Waals surface area (Å²) >= 11 is 11.0. The number of hydrogen-bond acceptors (Lipinski definition) is 8. The molecule has 0 bridgehead atoms. The fraction of sp³-hybridized carbons (Fsp3) is 0.316. The highest BCUT2D eigenvalue weighted by Crippen LogP contribution is 2.27. The van der Waals surface area contributed by atoms with E-state index in [1.165, 1.54) is 0 Å². The molecule has 2 aromatic rings. The van der Waals surface area contributed by atoms with Crippen LogP contribution in [-0.4, -0.2) is 57.9 Å². The van der Waals surface area contributed by atoms with Crippen molar-refractivity contribution in [2.45, 2.75) is 30.7 Å². The number of benzene rings is 2. The Balaban J connectivity index is 1.75. The molecule has 1 heterocycles. The molecule has 9 heteroatoms. The Kier molecular flexibility index (Phi) is 7.06. The molecule has 5 atom stereocenters. The number of thiocarbonyl (C=S) groups is 1. The van der Waals surface area contributed by atoms with Gasteiger partial charge < -0.3 is 34.3 Å². The maximum Gasteiger partial charge on any atom is 0.358 e. The molecular formula is C19H19ClO7S. The maximum absolute atomic E-state index is 10.5. The molecule has 3 rings (SSSR count). The van der Waals surface area contributed by atoms with Gasteiger partial charge in [0.2, 0.25) is 6.29 Å². The Hall–Kier alpha value is -1.94. The summed E-state index contributed by atoms with van der Waals surface area (Å²) in [7, 11) is 0. The van der Waals surface area contributed by atoms with E-state index in [0.29, 0.717) is 16.5 Å². The number of halogens is 1. The summed E-state index contributed by atoms with van der Waals surface area (Å²) in [5.74, 6) is 0.834. The van der Waals surface area contributed by atoms with Crippen molar-refractivity contribution in [3.8, 4) is 11.5 Å². The summed E-state index contributed by atoms with van der Waals surface area (Å²) in [5.41, 5.74) is 0. The third-order valence-corrected chi connectivity index (χ3v) is 4.50. The molecule has 7 nitrogen and oxygen atoms in total. The Morgan fingerprint density at radius 2 is 1.68 bits per heavy atom. The highest BCUT2D eigenvalue weighted by atomic mass is 35.5. The predicted molar refractivity (Wildman–Crippen MR) is 104 cm³/mol. The number of rotatable bonds is 5. The molecule has 3 N–H and O–H groups in total. The van der Waals surface area contributed by atoms with Crippen LogP contribution in [-0.2, 0) is 9.47 Å². The van der Waals surface area contributed by atoms with E-state index in [-0.39, 0.29) is 5.24 Å². The Labute approximate surface area is 172 Å². The number of hydrogen-bond donors (Lipinski definition) is 3. The van der Waals surface area contributed by atoms with Crippen molar-refractivity contribution in [1.29, 1.82) is 0 Å². The van der Waals surface area contributed by atoms with E-state index in [4.69, 9.17) is 42.8 Å². The topological polar surface area (TPSA) is 97.6 Å². The highest BCUT2D eigenvalue weighted by Gasteiger charge is 2.47. The minimum Gasteiger partial charge on any atom is -0.461 e. The van der Waals surface area contributed by atoms with E-state index >= 15 is 0 Å². The molecule has 1 aliphatic heterocycles. The van der Waals surface area contributed by atoms with E-state index in [1.54, 1.807) is 48.5 Å². The fourth-order valence-corrected chi connectivity index (χ4v) is 2.98. The zero-order chi connectivity index (χ0) is 20.1. The SMILES string of the molecule is OC[C@H]1O[C@H](Oc2ccc(Cl)cc2)[C@H](OC(=S)Oc2ccccc2)[C@@H](O)[C@@H]1O. The third-order valence-electron chi connectivity index (χ3n) is 4.07. The second-order valence-corrected chi connectivity index (χ2v) is 6.80. The summed E-state index contributed by atoms with van der Waals surface area (Å²) in [6, 6.07) is 15.2. The lowest BCUT2D eigenvalue weighted by molar-refractivity contribution is -0.275. The van der Waals surface area contributed by atoms with Crippen LogP contribution in [0.2, 0.25) is 5.02 Å². The van der Waals surface area contributed by atoms with Crippen LogP contribution < -0.4 is 9.47 Å². The van der Waals surface area contributed by atoms with E-state index in [9.17, 15) is 15.3 Å². The average molecular weight is 427 g/mol. The van der Waals surface area contributed by atoms with Gasteiger partial charge in [-0.15, -0.1) is 0 Å². The zero-order valence-corrected chi connectivity index (χ0v) is 16.1. The van der Waals surface area contributed by atoms with Crippen LogP contribution in [0.3, 0.4) is 0 Å². The average Bonchev–Trinajstić information content (AvgIpc) is 2.70. The number of aliphatic hydroxyl groups is 3. The van der Waals surface area contributed by atoms with Crippen LogP contribution in [0, 0.1) is 0 Å². The number of para-hydroxylation sites is 1. The van der Waals surface area contributed by atoms with Crippen LogP contribution in [0.15, 0.2) is 54.6 Å². The van der Waals surface area contributed by atoms with Crippen molar-refractivity contribution < 1.29 is 34.3 Å². The second-order valence-electron chi connectivity index (χ2n) is 6.03. The smallest absolute Gasteiger partial charge is 0.358 e. The molecule has 28 heavy (non-hydrogen) atoms. The van der Waals surface area contributed by atoms with Crippen molar-refractivity contribution in [2.75, 3.05) is 6.61 Å². The van der Waals surface area contributed by atoms with Gasteiger partial charge in [-0.3, -0.25) is 0 Å². The van der Waals surface area contributed by atoms with Crippen molar-refractivity contribution in [3.63, 3.8) is 0 Å². The summed E-state index contributed by atoms with van der Waals surface area (Å²) in [5, 5.41) is 30.3. The van der Waals surface area contributed by atoms with Gasteiger partial charge in [0.25, 0.3) is 0 Å². The first-order valence-corrected chi connectivity index (χ1v) is 9.24. The minimum absolute atomic E-state index is 0.279. The molecule has 0 saturated carbocycles. The summed E-state index contributed by atoms with van der Waals surface area (Å²) in [4.78, 5) is 0. The molecule has 0 aromatic heterocycles. The maximum atomic E-state index is 10.5. The van der Waals surface area contributed by atoms with Gasteiger partial charge in [0, 0.05) is 17.2 Å². The van der Waals surface area contributed by atoms with Gasteiger partial charge in [-0.1, -0.05) is 29.8 Å². The van der Waals surface area contributed by atoms with Crippen molar-refractivity contribution in [1.82, 2.24) is 0 Å². The quantitative estimate of drug-likeness (QED) is 0.624. The van der Waals surface area contributed by atoms with Crippen LogP contribution >= 0.6 is 23.8 Å². The van der Waals surface area contributed by atoms with Crippen LogP contribution in [0.25, 0.3) is 0 Å². The second kappa shape index (κ2) is 9.51. The van der Waals surface area contributed by atoms with Crippen LogP contribution in [0.1, 0.15) is 0 Å². The molecular weight excluding hydrogens is 408 g/mol. The van der Waals surface area contributed by atoms with E-state index in [1.807, 2.05) is 6.07 Å². The van der Waals surface area contributed by atoms with E-state index < -0.39 is 37.3 Å². The first-order chi connectivity index (χ1) is 13.5. The summed E-state index contributed by atoms with van der Waals surface area (Å²) in [6.07, 6.45) is -6.28.